The van der Waals surface area contributed by atoms with Crippen LogP contribution in [0.5, 0.6) is 0 Å². The molecule has 1 atom stereocenters. The summed E-state index contributed by atoms with van der Waals surface area (Å²) in [6.07, 6.45) is 5.85. The first-order valence-electron chi connectivity index (χ1n) is 7.00. The summed E-state index contributed by atoms with van der Waals surface area (Å²) in [7, 11) is 3.86. The maximum atomic E-state index is 12.0. The second-order valence-corrected chi connectivity index (χ2v) is 5.43. The van der Waals surface area contributed by atoms with E-state index in [1.54, 1.807) is 12.1 Å². The van der Waals surface area contributed by atoms with Crippen LogP contribution in [0.15, 0.2) is 29.0 Å². The largest absolute Gasteiger partial charge is 0.459 e. The minimum atomic E-state index is -0.167. The molecule has 1 aliphatic rings. The number of aryl methyl sites for hydroxylation is 1. The van der Waals surface area contributed by atoms with E-state index in [1.165, 1.54) is 6.26 Å². The van der Waals surface area contributed by atoms with Gasteiger partial charge in [-0.2, -0.15) is 0 Å². The van der Waals surface area contributed by atoms with Crippen molar-refractivity contribution in [1.82, 2.24) is 15.3 Å². The van der Waals surface area contributed by atoms with Gasteiger partial charge in [0.2, 0.25) is 5.95 Å². The summed E-state index contributed by atoms with van der Waals surface area (Å²) in [5.41, 5.74) is 2.19. The first-order chi connectivity index (χ1) is 10.1. The Kier molecular flexibility index (Phi) is 3.60. The Hall–Kier alpha value is -2.37. The summed E-state index contributed by atoms with van der Waals surface area (Å²) in [4.78, 5) is 22.8. The van der Waals surface area contributed by atoms with Crippen molar-refractivity contribution in [3.63, 3.8) is 0 Å². The molecule has 21 heavy (non-hydrogen) atoms. The first kappa shape index (κ1) is 13.6. The van der Waals surface area contributed by atoms with Crippen LogP contribution in [0.2, 0.25) is 0 Å². The molecule has 2 aromatic rings. The number of hydrogen-bond acceptors (Lipinski definition) is 5. The highest BCUT2D eigenvalue weighted by atomic mass is 16.3. The van der Waals surface area contributed by atoms with Crippen LogP contribution in [0.1, 0.15) is 28.2 Å². The lowest BCUT2D eigenvalue weighted by Crippen LogP contribution is -2.39. The van der Waals surface area contributed by atoms with Gasteiger partial charge in [0.05, 0.1) is 6.26 Å². The van der Waals surface area contributed by atoms with Crippen molar-refractivity contribution in [2.45, 2.75) is 25.3 Å². The lowest BCUT2D eigenvalue weighted by Gasteiger charge is -2.25. The number of nitrogens with one attached hydrogen (secondary N) is 1. The van der Waals surface area contributed by atoms with E-state index in [4.69, 9.17) is 4.42 Å². The Morgan fingerprint density at radius 1 is 1.48 bits per heavy atom. The van der Waals surface area contributed by atoms with E-state index in [1.807, 2.05) is 25.2 Å². The Bertz CT molecular complexity index is 637. The van der Waals surface area contributed by atoms with Gasteiger partial charge < -0.3 is 14.6 Å². The van der Waals surface area contributed by atoms with Crippen molar-refractivity contribution in [2.24, 2.45) is 0 Å². The number of furan rings is 1. The summed E-state index contributed by atoms with van der Waals surface area (Å²) < 4.78 is 5.11. The van der Waals surface area contributed by atoms with E-state index in [9.17, 15) is 4.79 Å². The van der Waals surface area contributed by atoms with E-state index in [-0.39, 0.29) is 11.9 Å². The van der Waals surface area contributed by atoms with E-state index < -0.39 is 0 Å². The molecule has 0 aromatic carbocycles. The highest BCUT2D eigenvalue weighted by Gasteiger charge is 2.23. The lowest BCUT2D eigenvalue weighted by molar-refractivity contribution is 0.0905. The molecular weight excluding hydrogens is 268 g/mol. The van der Waals surface area contributed by atoms with Gasteiger partial charge in [-0.15, -0.1) is 0 Å². The van der Waals surface area contributed by atoms with Gasteiger partial charge >= 0.3 is 0 Å². The minimum Gasteiger partial charge on any atom is -0.459 e. The molecule has 3 rings (SSSR count). The SMILES string of the molecule is CN(C)c1ncc2c(n1)CC[C@H](NC(=O)c1ccco1)C2. The van der Waals surface area contributed by atoms with Gasteiger partial charge in [0.15, 0.2) is 5.76 Å². The van der Waals surface area contributed by atoms with E-state index in [0.29, 0.717) is 5.76 Å². The van der Waals surface area contributed by atoms with Gasteiger partial charge in [-0.3, -0.25) is 4.79 Å². The summed E-state index contributed by atoms with van der Waals surface area (Å²) in [6, 6.07) is 3.48. The third-order valence-corrected chi connectivity index (χ3v) is 3.62. The summed E-state index contributed by atoms with van der Waals surface area (Å²) in [6.45, 7) is 0. The average Bonchev–Trinajstić information content (AvgIpc) is 3.01. The molecule has 0 saturated heterocycles. The van der Waals surface area contributed by atoms with Gasteiger partial charge in [0.1, 0.15) is 0 Å². The number of nitrogens with zero attached hydrogens (tertiary/aromatic N) is 3. The molecule has 0 saturated carbocycles. The molecule has 1 aliphatic carbocycles. The summed E-state index contributed by atoms with van der Waals surface area (Å²) in [5.74, 6) is 0.908. The predicted octanol–water partition coefficient (Wildman–Crippen LogP) is 1.42. The van der Waals surface area contributed by atoms with Crippen LogP contribution >= 0.6 is 0 Å². The highest BCUT2D eigenvalue weighted by Crippen LogP contribution is 2.21. The molecule has 0 bridgehead atoms. The Morgan fingerprint density at radius 3 is 3.05 bits per heavy atom. The predicted molar refractivity (Wildman–Crippen MR) is 78.3 cm³/mol. The van der Waals surface area contributed by atoms with Crippen molar-refractivity contribution in [3.05, 3.63) is 41.6 Å². The van der Waals surface area contributed by atoms with E-state index in [2.05, 4.69) is 15.3 Å². The van der Waals surface area contributed by atoms with Crippen LogP contribution in [0, 0.1) is 0 Å². The topological polar surface area (TPSA) is 71.3 Å². The molecule has 6 nitrogen and oxygen atoms in total. The summed E-state index contributed by atoms with van der Waals surface area (Å²) in [5, 5.41) is 3.00. The number of amides is 1. The molecule has 0 fully saturated rings. The molecule has 0 spiro atoms. The Labute approximate surface area is 123 Å². The molecular formula is C15H18N4O2. The van der Waals surface area contributed by atoms with Crippen molar-refractivity contribution in [1.29, 1.82) is 0 Å². The Morgan fingerprint density at radius 2 is 2.33 bits per heavy atom. The normalized spacial score (nSPS) is 17.1. The number of anilines is 1. The molecule has 0 aliphatic heterocycles. The number of carbonyl (C=O) groups is 1. The molecule has 0 radical (unpaired) electrons. The Balaban J connectivity index is 1.69. The fourth-order valence-electron chi connectivity index (χ4n) is 2.50. The number of carbonyl (C=O) groups excluding carboxylic acids is 1. The minimum absolute atomic E-state index is 0.101. The van der Waals surface area contributed by atoms with Crippen LogP contribution in [0.25, 0.3) is 0 Å². The van der Waals surface area contributed by atoms with E-state index >= 15 is 0 Å². The second-order valence-electron chi connectivity index (χ2n) is 5.43. The molecule has 1 N–H and O–H groups in total. The van der Waals surface area contributed by atoms with Crippen molar-refractivity contribution >= 4 is 11.9 Å². The van der Waals surface area contributed by atoms with Crippen molar-refractivity contribution in [2.75, 3.05) is 19.0 Å². The maximum absolute atomic E-state index is 12.0. The zero-order valence-electron chi connectivity index (χ0n) is 12.2. The number of hydrogen-bond donors (Lipinski definition) is 1. The van der Waals surface area contributed by atoms with Crippen LogP contribution in [-0.2, 0) is 12.8 Å². The summed E-state index contributed by atoms with van der Waals surface area (Å²) >= 11 is 0. The van der Waals surface area contributed by atoms with Crippen molar-refractivity contribution < 1.29 is 9.21 Å². The zero-order chi connectivity index (χ0) is 14.8. The smallest absolute Gasteiger partial charge is 0.287 e. The average molecular weight is 286 g/mol. The second kappa shape index (κ2) is 5.55. The van der Waals surface area contributed by atoms with Gasteiger partial charge in [-0.05, 0) is 37.0 Å². The van der Waals surface area contributed by atoms with Crippen LogP contribution < -0.4 is 10.2 Å². The molecule has 6 heteroatoms. The van der Waals surface area contributed by atoms with Crippen LogP contribution in [0.3, 0.4) is 0 Å². The highest BCUT2D eigenvalue weighted by molar-refractivity contribution is 5.91. The lowest BCUT2D eigenvalue weighted by atomic mass is 9.93. The molecule has 0 unspecified atom stereocenters. The maximum Gasteiger partial charge on any atom is 0.287 e. The van der Waals surface area contributed by atoms with Crippen molar-refractivity contribution in [3.8, 4) is 0 Å². The molecule has 1 amide bonds. The molecule has 2 heterocycles. The number of aromatic nitrogens is 2. The third kappa shape index (κ3) is 2.89. The quantitative estimate of drug-likeness (QED) is 0.924. The number of rotatable bonds is 3. The van der Waals surface area contributed by atoms with E-state index in [0.717, 1.165) is 36.5 Å². The van der Waals surface area contributed by atoms with Gasteiger partial charge in [-0.25, -0.2) is 9.97 Å². The van der Waals surface area contributed by atoms with Gasteiger partial charge in [0, 0.05) is 32.0 Å². The first-order valence-corrected chi connectivity index (χ1v) is 7.00. The number of fused-ring (bicyclic) bond motifs is 1. The van der Waals surface area contributed by atoms with Gasteiger partial charge in [-0.1, -0.05) is 0 Å². The molecule has 2 aromatic heterocycles. The van der Waals surface area contributed by atoms with Crippen LogP contribution in [0.4, 0.5) is 5.95 Å². The van der Waals surface area contributed by atoms with Crippen LogP contribution in [-0.4, -0.2) is 36.0 Å². The third-order valence-electron chi connectivity index (χ3n) is 3.62. The monoisotopic (exact) mass is 286 g/mol. The standard InChI is InChI=1S/C15H18N4O2/c1-19(2)15-16-9-10-8-11(5-6-12(10)18-15)17-14(20)13-4-3-7-21-13/h3-4,7,9,11H,5-6,8H2,1-2H3,(H,17,20)/t11-/m0/s1. The molecule has 110 valence electrons. The zero-order valence-corrected chi connectivity index (χ0v) is 12.2. The van der Waals surface area contributed by atoms with Gasteiger partial charge in [0.25, 0.3) is 5.91 Å². The fraction of sp³-hybridized carbons (Fsp3) is 0.400. The fourth-order valence-corrected chi connectivity index (χ4v) is 2.50.